The van der Waals surface area contributed by atoms with E-state index in [0.29, 0.717) is 6.04 Å². The van der Waals surface area contributed by atoms with Crippen LogP contribution in [0.2, 0.25) is 0 Å². The van der Waals surface area contributed by atoms with Gasteiger partial charge in [-0.1, -0.05) is 13.8 Å². The zero-order valence-electron chi connectivity index (χ0n) is 9.47. The number of thiophene rings is 1. The van der Waals surface area contributed by atoms with Crippen LogP contribution < -0.4 is 5.32 Å². The smallest absolute Gasteiger partial charge is 0.159 e. The fourth-order valence-corrected chi connectivity index (χ4v) is 1.94. The summed E-state index contributed by atoms with van der Waals surface area (Å²) in [5.74, 6) is 0.801. The molecule has 0 spiro atoms. The highest BCUT2D eigenvalue weighted by atomic mass is 32.1. The lowest BCUT2D eigenvalue weighted by molar-refractivity contribution is 0.587. The number of hydrogen-bond acceptors (Lipinski definition) is 4. The normalized spacial score (nSPS) is 10.9. The van der Waals surface area contributed by atoms with E-state index in [1.54, 1.807) is 11.3 Å². The first kappa shape index (κ1) is 11.2. The maximum Gasteiger partial charge on any atom is 0.159 e. The van der Waals surface area contributed by atoms with Gasteiger partial charge in [-0.15, -0.1) is 0 Å². The Balaban J connectivity index is 2.05. The molecular weight excluding hydrogens is 218 g/mol. The summed E-state index contributed by atoms with van der Waals surface area (Å²) >= 11 is 1.66. The second-order valence-electron chi connectivity index (χ2n) is 3.96. The fraction of sp³-hybridized carbons (Fsp3) is 0.333. The van der Waals surface area contributed by atoms with Crippen LogP contribution in [0.25, 0.3) is 11.4 Å². The van der Waals surface area contributed by atoms with Gasteiger partial charge in [0.1, 0.15) is 0 Å². The van der Waals surface area contributed by atoms with Gasteiger partial charge in [0.15, 0.2) is 5.82 Å². The lowest BCUT2D eigenvalue weighted by Gasteiger charge is -2.07. The standard InChI is InChI=1S/C12H15N3S/c1-9(2)13-5-10-6-14-12(15-7-10)11-3-4-16-8-11/h3-4,6-9,13H,5H2,1-2H3. The summed E-state index contributed by atoms with van der Waals surface area (Å²) in [7, 11) is 0. The summed E-state index contributed by atoms with van der Waals surface area (Å²) in [6.07, 6.45) is 3.77. The van der Waals surface area contributed by atoms with E-state index in [-0.39, 0.29) is 0 Å². The molecule has 2 aromatic rings. The third kappa shape index (κ3) is 2.87. The summed E-state index contributed by atoms with van der Waals surface area (Å²) in [6.45, 7) is 5.07. The van der Waals surface area contributed by atoms with Crippen molar-refractivity contribution in [3.05, 3.63) is 34.8 Å². The molecule has 0 saturated heterocycles. The Labute approximate surface area is 99.6 Å². The van der Waals surface area contributed by atoms with Crippen molar-refractivity contribution in [2.45, 2.75) is 26.4 Å². The Morgan fingerprint density at radius 1 is 1.31 bits per heavy atom. The third-order valence-electron chi connectivity index (χ3n) is 2.20. The first-order chi connectivity index (χ1) is 7.75. The van der Waals surface area contributed by atoms with E-state index in [1.807, 2.05) is 23.8 Å². The molecule has 16 heavy (non-hydrogen) atoms. The van der Waals surface area contributed by atoms with Crippen LogP contribution >= 0.6 is 11.3 Å². The summed E-state index contributed by atoms with van der Waals surface area (Å²) < 4.78 is 0. The quantitative estimate of drug-likeness (QED) is 0.882. The largest absolute Gasteiger partial charge is 0.310 e. The molecule has 0 radical (unpaired) electrons. The van der Waals surface area contributed by atoms with Gasteiger partial charge in [0.05, 0.1) is 0 Å². The molecule has 2 aromatic heterocycles. The Morgan fingerprint density at radius 2 is 2.06 bits per heavy atom. The first-order valence-electron chi connectivity index (χ1n) is 5.32. The summed E-state index contributed by atoms with van der Waals surface area (Å²) in [4.78, 5) is 8.71. The van der Waals surface area contributed by atoms with Gasteiger partial charge >= 0.3 is 0 Å². The van der Waals surface area contributed by atoms with Crippen LogP contribution in [0.3, 0.4) is 0 Å². The summed E-state index contributed by atoms with van der Waals surface area (Å²) in [6, 6.07) is 2.52. The molecule has 0 saturated carbocycles. The maximum absolute atomic E-state index is 4.35. The van der Waals surface area contributed by atoms with Crippen molar-refractivity contribution < 1.29 is 0 Å². The van der Waals surface area contributed by atoms with Gasteiger partial charge in [0.2, 0.25) is 0 Å². The van der Waals surface area contributed by atoms with Gasteiger partial charge in [0, 0.05) is 41.5 Å². The molecule has 4 heteroatoms. The minimum absolute atomic E-state index is 0.483. The molecule has 0 bridgehead atoms. The zero-order chi connectivity index (χ0) is 11.4. The molecule has 0 aliphatic heterocycles. The fourth-order valence-electron chi connectivity index (χ4n) is 1.31. The van der Waals surface area contributed by atoms with Gasteiger partial charge in [-0.3, -0.25) is 0 Å². The van der Waals surface area contributed by atoms with Crippen molar-refractivity contribution in [3.63, 3.8) is 0 Å². The minimum Gasteiger partial charge on any atom is -0.310 e. The van der Waals surface area contributed by atoms with Gasteiger partial charge in [-0.25, -0.2) is 9.97 Å². The highest BCUT2D eigenvalue weighted by molar-refractivity contribution is 7.08. The Hall–Kier alpha value is -1.26. The lowest BCUT2D eigenvalue weighted by Crippen LogP contribution is -2.21. The summed E-state index contributed by atoms with van der Waals surface area (Å²) in [5.41, 5.74) is 2.21. The SMILES string of the molecule is CC(C)NCc1cnc(-c2ccsc2)nc1. The van der Waals surface area contributed by atoms with Crippen molar-refractivity contribution in [3.8, 4) is 11.4 Å². The summed E-state index contributed by atoms with van der Waals surface area (Å²) in [5, 5.41) is 7.43. The zero-order valence-corrected chi connectivity index (χ0v) is 10.3. The molecular formula is C12H15N3S. The van der Waals surface area contributed by atoms with E-state index in [4.69, 9.17) is 0 Å². The van der Waals surface area contributed by atoms with Gasteiger partial charge in [0.25, 0.3) is 0 Å². The molecule has 0 fully saturated rings. The van der Waals surface area contributed by atoms with Crippen LogP contribution in [0.5, 0.6) is 0 Å². The number of rotatable bonds is 4. The number of nitrogens with zero attached hydrogens (tertiary/aromatic N) is 2. The Morgan fingerprint density at radius 3 is 2.62 bits per heavy atom. The van der Waals surface area contributed by atoms with Crippen molar-refractivity contribution >= 4 is 11.3 Å². The first-order valence-corrected chi connectivity index (χ1v) is 6.27. The average molecular weight is 233 g/mol. The van der Waals surface area contributed by atoms with Crippen LogP contribution in [0.15, 0.2) is 29.2 Å². The number of nitrogens with one attached hydrogen (secondary N) is 1. The van der Waals surface area contributed by atoms with Gasteiger partial charge in [-0.2, -0.15) is 11.3 Å². The van der Waals surface area contributed by atoms with E-state index >= 15 is 0 Å². The lowest BCUT2D eigenvalue weighted by atomic mass is 10.3. The second kappa shape index (κ2) is 5.18. The molecule has 1 N–H and O–H groups in total. The number of hydrogen-bond donors (Lipinski definition) is 1. The molecule has 0 aromatic carbocycles. The molecule has 0 aliphatic carbocycles. The van der Waals surface area contributed by atoms with Gasteiger partial charge in [-0.05, 0) is 11.4 Å². The van der Waals surface area contributed by atoms with E-state index in [2.05, 4.69) is 34.5 Å². The molecule has 0 unspecified atom stereocenters. The monoisotopic (exact) mass is 233 g/mol. The molecule has 0 atom stereocenters. The molecule has 3 nitrogen and oxygen atoms in total. The van der Waals surface area contributed by atoms with E-state index < -0.39 is 0 Å². The molecule has 0 aliphatic rings. The molecule has 2 rings (SSSR count). The topological polar surface area (TPSA) is 37.8 Å². The molecule has 0 amide bonds. The predicted molar refractivity (Wildman–Crippen MR) is 67.3 cm³/mol. The van der Waals surface area contributed by atoms with Crippen LogP contribution in [-0.2, 0) is 6.54 Å². The minimum atomic E-state index is 0.483. The Kier molecular flexibility index (Phi) is 3.64. The van der Waals surface area contributed by atoms with E-state index in [9.17, 15) is 0 Å². The Bertz CT molecular complexity index is 420. The highest BCUT2D eigenvalue weighted by Gasteiger charge is 2.01. The second-order valence-corrected chi connectivity index (χ2v) is 4.74. The van der Waals surface area contributed by atoms with Crippen LogP contribution in [0.4, 0.5) is 0 Å². The molecule has 84 valence electrons. The average Bonchev–Trinajstić information content (AvgIpc) is 2.80. The third-order valence-corrected chi connectivity index (χ3v) is 2.88. The van der Waals surface area contributed by atoms with Gasteiger partial charge < -0.3 is 5.32 Å². The van der Waals surface area contributed by atoms with E-state index in [0.717, 1.165) is 23.5 Å². The van der Waals surface area contributed by atoms with Crippen molar-refractivity contribution in [2.75, 3.05) is 0 Å². The van der Waals surface area contributed by atoms with E-state index in [1.165, 1.54) is 0 Å². The maximum atomic E-state index is 4.35. The van der Waals surface area contributed by atoms with Crippen molar-refractivity contribution in [1.29, 1.82) is 0 Å². The van der Waals surface area contributed by atoms with Crippen LogP contribution in [0.1, 0.15) is 19.4 Å². The number of aromatic nitrogens is 2. The van der Waals surface area contributed by atoms with Crippen molar-refractivity contribution in [1.82, 2.24) is 15.3 Å². The molecule has 2 heterocycles. The van der Waals surface area contributed by atoms with Crippen molar-refractivity contribution in [2.24, 2.45) is 0 Å². The van der Waals surface area contributed by atoms with Crippen LogP contribution in [-0.4, -0.2) is 16.0 Å². The predicted octanol–water partition coefficient (Wildman–Crippen LogP) is 2.70. The van der Waals surface area contributed by atoms with Crippen LogP contribution in [0, 0.1) is 0 Å². The highest BCUT2D eigenvalue weighted by Crippen LogP contribution is 2.17.